The SMILES string of the molecule is C[C@]1(N2CCC(c3cc4cc(NC(=O)Cc5ccccn5)ncc4cc3Cl)CC2)COC[C@H]1O. The number of halogens is 1. The van der Waals surface area contributed by atoms with Crippen molar-refractivity contribution in [3.8, 4) is 0 Å². The fourth-order valence-electron chi connectivity index (χ4n) is 5.08. The lowest BCUT2D eigenvalue weighted by molar-refractivity contribution is -0.115. The number of anilines is 1. The maximum atomic E-state index is 12.4. The number of piperidine rings is 1. The van der Waals surface area contributed by atoms with E-state index in [4.69, 9.17) is 16.3 Å². The highest BCUT2D eigenvalue weighted by Crippen LogP contribution is 2.38. The first-order valence-electron chi connectivity index (χ1n) is 11.7. The second-order valence-corrected chi connectivity index (χ2v) is 9.89. The number of carbonyl (C=O) groups excluding carboxylic acids is 1. The molecule has 8 heteroatoms. The predicted octanol–water partition coefficient (Wildman–Crippen LogP) is 3.79. The molecule has 2 aromatic heterocycles. The largest absolute Gasteiger partial charge is 0.389 e. The summed E-state index contributed by atoms with van der Waals surface area (Å²) >= 11 is 6.69. The van der Waals surface area contributed by atoms with Gasteiger partial charge >= 0.3 is 0 Å². The summed E-state index contributed by atoms with van der Waals surface area (Å²) in [5.74, 6) is 0.699. The Morgan fingerprint density at radius 1 is 1.24 bits per heavy atom. The van der Waals surface area contributed by atoms with E-state index in [0.717, 1.165) is 47.3 Å². The second kappa shape index (κ2) is 9.58. The molecule has 0 spiro atoms. The number of nitrogens with zero attached hydrogens (tertiary/aromatic N) is 3. The molecule has 0 saturated carbocycles. The molecule has 7 nitrogen and oxygen atoms in total. The average molecular weight is 481 g/mol. The Hall–Kier alpha value is -2.58. The minimum absolute atomic E-state index is 0.154. The number of hydrogen-bond donors (Lipinski definition) is 2. The van der Waals surface area contributed by atoms with Crippen molar-refractivity contribution in [2.45, 2.75) is 43.7 Å². The molecule has 2 aliphatic rings. The van der Waals surface area contributed by atoms with Crippen molar-refractivity contribution in [3.63, 3.8) is 0 Å². The molecule has 2 N–H and O–H groups in total. The van der Waals surface area contributed by atoms with Crippen LogP contribution in [0.25, 0.3) is 10.8 Å². The van der Waals surface area contributed by atoms with Gasteiger partial charge in [-0.1, -0.05) is 17.7 Å². The summed E-state index contributed by atoms with van der Waals surface area (Å²) in [6.07, 6.45) is 5.10. The lowest BCUT2D eigenvalue weighted by Crippen LogP contribution is -2.56. The Morgan fingerprint density at radius 3 is 2.76 bits per heavy atom. The molecule has 2 fully saturated rings. The third kappa shape index (κ3) is 4.66. The molecule has 2 saturated heterocycles. The second-order valence-electron chi connectivity index (χ2n) is 9.49. The molecular weight excluding hydrogens is 452 g/mol. The number of benzene rings is 1. The van der Waals surface area contributed by atoms with Gasteiger partial charge in [0, 0.05) is 28.5 Å². The zero-order valence-electron chi connectivity index (χ0n) is 19.2. The van der Waals surface area contributed by atoms with Gasteiger partial charge in [0.1, 0.15) is 5.82 Å². The first-order chi connectivity index (χ1) is 16.4. The topological polar surface area (TPSA) is 87.6 Å². The summed E-state index contributed by atoms with van der Waals surface area (Å²) in [5.41, 5.74) is 1.53. The number of likely N-dealkylation sites (tertiary alicyclic amines) is 1. The summed E-state index contributed by atoms with van der Waals surface area (Å²) in [6, 6.07) is 11.5. The molecule has 0 bridgehead atoms. The zero-order chi connectivity index (χ0) is 23.7. The van der Waals surface area contributed by atoms with Crippen LogP contribution in [0.4, 0.5) is 5.82 Å². The standard InChI is InChI=1S/C26H29ClN4O3/c1-26(16-34-15-23(26)32)31-8-5-17(6-9-31)21-10-18-12-24(29-14-19(18)11-22(21)27)30-25(33)13-20-4-2-3-7-28-20/h2-4,7,10-12,14,17,23,32H,5-6,8-9,13,15-16H2,1H3,(H,29,30,33)/t23-,26+/m1/s1. The van der Waals surface area contributed by atoms with Gasteiger partial charge in [-0.25, -0.2) is 4.98 Å². The van der Waals surface area contributed by atoms with E-state index in [1.807, 2.05) is 30.3 Å². The molecule has 178 valence electrons. The Morgan fingerprint density at radius 2 is 2.06 bits per heavy atom. The predicted molar refractivity (Wildman–Crippen MR) is 132 cm³/mol. The van der Waals surface area contributed by atoms with Crippen LogP contribution in [0.15, 0.2) is 48.8 Å². The maximum Gasteiger partial charge on any atom is 0.231 e. The summed E-state index contributed by atoms with van der Waals surface area (Å²) in [4.78, 5) is 23.4. The van der Waals surface area contributed by atoms with Gasteiger partial charge in [-0.15, -0.1) is 0 Å². The van der Waals surface area contributed by atoms with Gasteiger partial charge < -0.3 is 15.2 Å². The van der Waals surface area contributed by atoms with E-state index in [0.29, 0.717) is 30.6 Å². The van der Waals surface area contributed by atoms with Crippen molar-refractivity contribution in [1.82, 2.24) is 14.9 Å². The van der Waals surface area contributed by atoms with E-state index in [2.05, 4.69) is 33.2 Å². The van der Waals surface area contributed by atoms with Crippen LogP contribution in [0.3, 0.4) is 0 Å². The van der Waals surface area contributed by atoms with Crippen LogP contribution in [0.2, 0.25) is 5.02 Å². The monoisotopic (exact) mass is 480 g/mol. The average Bonchev–Trinajstić information content (AvgIpc) is 3.18. The van der Waals surface area contributed by atoms with Crippen LogP contribution in [0, 0.1) is 0 Å². The molecule has 2 aliphatic heterocycles. The van der Waals surface area contributed by atoms with Crippen molar-refractivity contribution in [2.24, 2.45) is 0 Å². The number of pyridine rings is 2. The number of ether oxygens (including phenoxy) is 1. The molecule has 1 aromatic carbocycles. The number of hydrogen-bond acceptors (Lipinski definition) is 6. The van der Waals surface area contributed by atoms with E-state index in [1.54, 1.807) is 12.4 Å². The highest BCUT2D eigenvalue weighted by atomic mass is 35.5. The number of fused-ring (bicyclic) bond motifs is 1. The van der Waals surface area contributed by atoms with Crippen molar-refractivity contribution in [3.05, 3.63) is 65.1 Å². The highest BCUT2D eigenvalue weighted by molar-refractivity contribution is 6.32. The van der Waals surface area contributed by atoms with Gasteiger partial charge in [0.2, 0.25) is 5.91 Å². The molecule has 3 aromatic rings. The summed E-state index contributed by atoms with van der Waals surface area (Å²) in [7, 11) is 0. The van der Waals surface area contributed by atoms with Crippen LogP contribution in [0.5, 0.6) is 0 Å². The molecule has 34 heavy (non-hydrogen) atoms. The molecule has 0 aliphatic carbocycles. The third-order valence-electron chi connectivity index (χ3n) is 7.22. The highest BCUT2D eigenvalue weighted by Gasteiger charge is 2.45. The van der Waals surface area contributed by atoms with E-state index >= 15 is 0 Å². The third-order valence-corrected chi connectivity index (χ3v) is 7.54. The van der Waals surface area contributed by atoms with Crippen LogP contribution < -0.4 is 5.32 Å². The van der Waals surface area contributed by atoms with Gasteiger partial charge in [0.15, 0.2) is 0 Å². The number of aromatic nitrogens is 2. The lowest BCUT2D eigenvalue weighted by atomic mass is 9.85. The van der Waals surface area contributed by atoms with Gasteiger partial charge in [0.25, 0.3) is 0 Å². The first-order valence-corrected chi connectivity index (χ1v) is 12.1. The van der Waals surface area contributed by atoms with Crippen molar-refractivity contribution in [1.29, 1.82) is 0 Å². The van der Waals surface area contributed by atoms with Crippen LogP contribution in [-0.4, -0.2) is 63.8 Å². The Bertz CT molecular complexity index is 1180. The normalized spacial score (nSPS) is 23.9. The number of aliphatic hydroxyl groups is 1. The van der Waals surface area contributed by atoms with Gasteiger partial charge in [-0.2, -0.15) is 0 Å². The zero-order valence-corrected chi connectivity index (χ0v) is 20.0. The minimum Gasteiger partial charge on any atom is -0.389 e. The Balaban J connectivity index is 1.30. The number of nitrogens with one attached hydrogen (secondary N) is 1. The summed E-state index contributed by atoms with van der Waals surface area (Å²) in [6.45, 7) is 4.84. The fraction of sp³-hybridized carbons (Fsp3) is 0.423. The lowest BCUT2D eigenvalue weighted by Gasteiger charge is -2.43. The van der Waals surface area contributed by atoms with E-state index in [-0.39, 0.29) is 17.9 Å². The van der Waals surface area contributed by atoms with Crippen LogP contribution >= 0.6 is 11.6 Å². The molecule has 4 heterocycles. The van der Waals surface area contributed by atoms with Crippen LogP contribution in [-0.2, 0) is 16.0 Å². The molecule has 5 rings (SSSR count). The van der Waals surface area contributed by atoms with Crippen LogP contribution in [0.1, 0.15) is 36.9 Å². The molecule has 1 amide bonds. The van der Waals surface area contributed by atoms with Crippen molar-refractivity contribution in [2.75, 3.05) is 31.6 Å². The maximum absolute atomic E-state index is 12.4. The van der Waals surface area contributed by atoms with Gasteiger partial charge in [-0.05, 0) is 80.1 Å². The number of aliphatic hydroxyl groups excluding tert-OH is 1. The van der Waals surface area contributed by atoms with Gasteiger partial charge in [-0.3, -0.25) is 14.7 Å². The number of rotatable bonds is 5. The number of amides is 1. The molecular formula is C26H29ClN4O3. The van der Waals surface area contributed by atoms with E-state index in [1.165, 1.54) is 0 Å². The molecule has 0 unspecified atom stereocenters. The Labute approximate surface area is 204 Å². The summed E-state index contributed by atoms with van der Waals surface area (Å²) < 4.78 is 5.52. The van der Waals surface area contributed by atoms with E-state index < -0.39 is 6.10 Å². The van der Waals surface area contributed by atoms with Gasteiger partial charge in [0.05, 0.1) is 31.3 Å². The first kappa shape index (κ1) is 23.2. The minimum atomic E-state index is -0.452. The van der Waals surface area contributed by atoms with E-state index in [9.17, 15) is 9.90 Å². The van der Waals surface area contributed by atoms with Crippen molar-refractivity contribution < 1.29 is 14.6 Å². The fourth-order valence-corrected chi connectivity index (χ4v) is 5.40. The van der Waals surface area contributed by atoms with Crippen molar-refractivity contribution >= 4 is 34.1 Å². The molecule has 2 atom stereocenters. The Kier molecular flexibility index (Phi) is 6.53. The molecule has 0 radical (unpaired) electrons. The quantitative estimate of drug-likeness (QED) is 0.577. The number of carbonyl (C=O) groups is 1. The summed E-state index contributed by atoms with van der Waals surface area (Å²) in [5, 5.41) is 15.9. The smallest absolute Gasteiger partial charge is 0.231 e.